The lowest BCUT2D eigenvalue weighted by Crippen LogP contribution is -2.34. The molecular formula is C20H23N3O3. The van der Waals surface area contributed by atoms with E-state index in [1.807, 2.05) is 47.2 Å². The van der Waals surface area contributed by atoms with Gasteiger partial charge < -0.3 is 15.0 Å². The van der Waals surface area contributed by atoms with Gasteiger partial charge in [0.2, 0.25) is 5.91 Å². The van der Waals surface area contributed by atoms with Crippen LogP contribution in [0.2, 0.25) is 0 Å². The Morgan fingerprint density at radius 1 is 1.15 bits per heavy atom. The molecule has 6 nitrogen and oxygen atoms in total. The number of aromatic nitrogens is 2. The summed E-state index contributed by atoms with van der Waals surface area (Å²) in [6, 6.07) is 7.48. The number of nitrogens with zero attached hydrogens (tertiary/aromatic N) is 2. The molecule has 0 saturated heterocycles. The van der Waals surface area contributed by atoms with Crippen LogP contribution in [0.1, 0.15) is 38.4 Å². The maximum Gasteiger partial charge on any atom is 0.307 e. The molecule has 1 amide bonds. The lowest BCUT2D eigenvalue weighted by molar-refractivity contribution is -0.146. The van der Waals surface area contributed by atoms with Crippen molar-refractivity contribution >= 4 is 17.6 Å². The average molecular weight is 353 g/mol. The number of imidazole rings is 1. The summed E-state index contributed by atoms with van der Waals surface area (Å²) in [6.07, 6.45) is 8.23. The van der Waals surface area contributed by atoms with Gasteiger partial charge in [-0.2, -0.15) is 0 Å². The van der Waals surface area contributed by atoms with Crippen molar-refractivity contribution in [1.82, 2.24) is 9.55 Å². The quantitative estimate of drug-likeness (QED) is 0.805. The standard InChI is InChI=1S/C20H23N3O3/c1-13(2)18-21-11-12-23(18)15-9-7-14(8-10-15)22-19(24)16-5-3-4-6-17(16)20(25)26/h3-4,7-13,16-17H,5-6H2,1-2H3,(H,22,24)(H,25,26)/t16-,17-/m0/s1. The van der Waals surface area contributed by atoms with E-state index in [1.165, 1.54) is 0 Å². The van der Waals surface area contributed by atoms with E-state index in [-0.39, 0.29) is 5.91 Å². The summed E-state index contributed by atoms with van der Waals surface area (Å²) in [5.74, 6) is -1.11. The largest absolute Gasteiger partial charge is 0.481 e. The molecule has 1 aliphatic rings. The third-order valence-electron chi connectivity index (χ3n) is 4.69. The Kier molecular flexibility index (Phi) is 5.21. The molecule has 6 heteroatoms. The monoisotopic (exact) mass is 353 g/mol. The number of hydrogen-bond acceptors (Lipinski definition) is 3. The zero-order chi connectivity index (χ0) is 18.7. The fourth-order valence-corrected chi connectivity index (χ4v) is 3.28. The molecule has 0 spiro atoms. The predicted molar refractivity (Wildman–Crippen MR) is 99.3 cm³/mol. The van der Waals surface area contributed by atoms with Gasteiger partial charge >= 0.3 is 5.97 Å². The van der Waals surface area contributed by atoms with Crippen molar-refractivity contribution in [2.75, 3.05) is 5.32 Å². The number of rotatable bonds is 5. The van der Waals surface area contributed by atoms with E-state index in [1.54, 1.807) is 6.20 Å². The molecule has 0 fully saturated rings. The zero-order valence-electron chi connectivity index (χ0n) is 14.9. The lowest BCUT2D eigenvalue weighted by atomic mass is 9.82. The number of carboxylic acids is 1. The average Bonchev–Trinajstić information content (AvgIpc) is 3.12. The number of carbonyl (C=O) groups is 2. The summed E-state index contributed by atoms with van der Waals surface area (Å²) in [5, 5.41) is 12.2. The van der Waals surface area contributed by atoms with Gasteiger partial charge in [-0.25, -0.2) is 4.98 Å². The van der Waals surface area contributed by atoms with Gasteiger partial charge in [0, 0.05) is 29.7 Å². The Morgan fingerprint density at radius 3 is 2.42 bits per heavy atom. The molecule has 1 heterocycles. The highest BCUT2D eigenvalue weighted by atomic mass is 16.4. The van der Waals surface area contributed by atoms with Crippen LogP contribution in [-0.4, -0.2) is 26.5 Å². The van der Waals surface area contributed by atoms with Crippen LogP contribution in [0.15, 0.2) is 48.8 Å². The molecule has 2 aromatic rings. The molecule has 0 saturated carbocycles. The molecule has 136 valence electrons. The highest BCUT2D eigenvalue weighted by Gasteiger charge is 2.33. The van der Waals surface area contributed by atoms with Gasteiger partial charge in [0.25, 0.3) is 0 Å². The van der Waals surface area contributed by atoms with Crippen molar-refractivity contribution in [3.8, 4) is 5.69 Å². The number of hydrogen-bond donors (Lipinski definition) is 2. The summed E-state index contributed by atoms with van der Waals surface area (Å²) in [7, 11) is 0. The smallest absolute Gasteiger partial charge is 0.307 e. The van der Waals surface area contributed by atoms with E-state index in [0.717, 1.165) is 11.5 Å². The number of aliphatic carboxylic acids is 1. The summed E-state index contributed by atoms with van der Waals surface area (Å²) in [6.45, 7) is 4.18. The molecule has 26 heavy (non-hydrogen) atoms. The number of nitrogens with one attached hydrogen (secondary N) is 1. The lowest BCUT2D eigenvalue weighted by Gasteiger charge is -2.24. The predicted octanol–water partition coefficient (Wildman–Crippen LogP) is 3.60. The summed E-state index contributed by atoms with van der Waals surface area (Å²) < 4.78 is 2.02. The molecule has 3 rings (SSSR count). The van der Waals surface area contributed by atoms with Crippen LogP contribution in [0.3, 0.4) is 0 Å². The number of benzene rings is 1. The summed E-state index contributed by atoms with van der Waals surface area (Å²) in [4.78, 5) is 28.3. The molecular weight excluding hydrogens is 330 g/mol. The van der Waals surface area contributed by atoms with E-state index in [4.69, 9.17) is 0 Å². The van der Waals surface area contributed by atoms with E-state index in [9.17, 15) is 14.7 Å². The van der Waals surface area contributed by atoms with Crippen molar-refractivity contribution in [2.45, 2.75) is 32.6 Å². The van der Waals surface area contributed by atoms with E-state index < -0.39 is 17.8 Å². The van der Waals surface area contributed by atoms with Gasteiger partial charge in [0.05, 0.1) is 11.8 Å². The number of carbonyl (C=O) groups excluding carboxylic acids is 1. The topological polar surface area (TPSA) is 84.2 Å². The van der Waals surface area contributed by atoms with Crippen LogP contribution in [-0.2, 0) is 9.59 Å². The van der Waals surface area contributed by atoms with Crippen molar-refractivity contribution in [3.05, 3.63) is 54.6 Å². The number of amides is 1. The Labute approximate surface area is 152 Å². The van der Waals surface area contributed by atoms with Crippen LogP contribution in [0.25, 0.3) is 5.69 Å². The van der Waals surface area contributed by atoms with Gasteiger partial charge in [-0.15, -0.1) is 0 Å². The molecule has 0 unspecified atom stereocenters. The van der Waals surface area contributed by atoms with Crippen molar-refractivity contribution < 1.29 is 14.7 Å². The molecule has 1 aromatic heterocycles. The molecule has 0 radical (unpaired) electrons. The maximum atomic E-state index is 12.5. The van der Waals surface area contributed by atoms with Gasteiger partial charge in [-0.05, 0) is 37.1 Å². The molecule has 2 N–H and O–H groups in total. The molecule has 1 aromatic carbocycles. The summed E-state index contributed by atoms with van der Waals surface area (Å²) >= 11 is 0. The Morgan fingerprint density at radius 2 is 1.81 bits per heavy atom. The van der Waals surface area contributed by atoms with Crippen molar-refractivity contribution in [2.24, 2.45) is 11.8 Å². The van der Waals surface area contributed by atoms with Gasteiger partial charge in [0.15, 0.2) is 0 Å². The molecule has 0 aliphatic heterocycles. The van der Waals surface area contributed by atoms with Gasteiger partial charge in [0.1, 0.15) is 5.82 Å². The Hall–Kier alpha value is -2.89. The Bertz CT molecular complexity index is 821. The highest BCUT2D eigenvalue weighted by molar-refractivity contribution is 5.95. The maximum absolute atomic E-state index is 12.5. The fraction of sp³-hybridized carbons (Fsp3) is 0.350. The number of carboxylic acid groups (broad SMARTS) is 1. The minimum atomic E-state index is -0.925. The minimum Gasteiger partial charge on any atom is -0.481 e. The van der Waals surface area contributed by atoms with Crippen LogP contribution in [0.5, 0.6) is 0 Å². The first kappa shape index (κ1) is 17.9. The zero-order valence-corrected chi connectivity index (χ0v) is 14.9. The van der Waals surface area contributed by atoms with Crippen LogP contribution in [0.4, 0.5) is 5.69 Å². The van der Waals surface area contributed by atoms with E-state index in [0.29, 0.717) is 24.4 Å². The molecule has 2 atom stereocenters. The second kappa shape index (κ2) is 7.56. The second-order valence-corrected chi connectivity index (χ2v) is 6.84. The normalized spacial score (nSPS) is 19.5. The minimum absolute atomic E-state index is 0.250. The number of anilines is 1. The SMILES string of the molecule is CC(C)c1nccn1-c1ccc(NC(=O)[C@H]2CC=CC[C@@H]2C(=O)O)cc1. The van der Waals surface area contributed by atoms with Gasteiger partial charge in [-0.3, -0.25) is 9.59 Å². The molecule has 1 aliphatic carbocycles. The fourth-order valence-electron chi connectivity index (χ4n) is 3.28. The van der Waals surface area contributed by atoms with Crippen LogP contribution >= 0.6 is 0 Å². The third-order valence-corrected chi connectivity index (χ3v) is 4.69. The van der Waals surface area contributed by atoms with E-state index in [2.05, 4.69) is 24.1 Å². The highest BCUT2D eigenvalue weighted by Crippen LogP contribution is 2.27. The first-order valence-corrected chi connectivity index (χ1v) is 8.79. The second-order valence-electron chi connectivity index (χ2n) is 6.84. The first-order valence-electron chi connectivity index (χ1n) is 8.79. The van der Waals surface area contributed by atoms with E-state index >= 15 is 0 Å². The van der Waals surface area contributed by atoms with Gasteiger partial charge in [-0.1, -0.05) is 26.0 Å². The first-order chi connectivity index (χ1) is 12.5. The third kappa shape index (κ3) is 3.69. The van der Waals surface area contributed by atoms with Crippen molar-refractivity contribution in [1.29, 1.82) is 0 Å². The van der Waals surface area contributed by atoms with Crippen LogP contribution in [0, 0.1) is 11.8 Å². The van der Waals surface area contributed by atoms with Crippen LogP contribution < -0.4 is 5.32 Å². The Balaban J connectivity index is 1.73. The molecule has 0 bridgehead atoms. The number of allylic oxidation sites excluding steroid dienone is 2. The summed E-state index contributed by atoms with van der Waals surface area (Å²) in [5.41, 5.74) is 1.62. The van der Waals surface area contributed by atoms with Crippen molar-refractivity contribution in [3.63, 3.8) is 0 Å².